The third-order valence-electron chi connectivity index (χ3n) is 5.63. The summed E-state index contributed by atoms with van der Waals surface area (Å²) in [5.74, 6) is -0.115. The third kappa shape index (κ3) is 3.54. The molecule has 0 unspecified atom stereocenters. The van der Waals surface area contributed by atoms with Crippen molar-refractivity contribution in [2.45, 2.75) is 38.9 Å². The normalized spacial score (nSPS) is 14.2. The summed E-state index contributed by atoms with van der Waals surface area (Å²) in [7, 11) is 2.19. The number of thiazole rings is 1. The fourth-order valence-electron chi connectivity index (χ4n) is 3.95. The molecule has 0 bridgehead atoms. The second kappa shape index (κ2) is 7.28. The zero-order valence-corrected chi connectivity index (χ0v) is 17.5. The van der Waals surface area contributed by atoms with Crippen LogP contribution in [0, 0.1) is 0 Å². The number of rotatable bonds is 6. The van der Waals surface area contributed by atoms with Gasteiger partial charge in [0.2, 0.25) is 0 Å². The number of carbonyl (C=O) groups excluding carboxylic acids is 1. The Kier molecular flexibility index (Phi) is 4.60. The molecule has 0 aliphatic heterocycles. The number of aromatic nitrogens is 2. The summed E-state index contributed by atoms with van der Waals surface area (Å²) < 4.78 is 3.15. The molecule has 29 heavy (non-hydrogen) atoms. The van der Waals surface area contributed by atoms with Crippen LogP contribution in [0.2, 0.25) is 0 Å². The van der Waals surface area contributed by atoms with Crippen LogP contribution in [-0.2, 0) is 13.1 Å². The van der Waals surface area contributed by atoms with Crippen LogP contribution in [0.3, 0.4) is 0 Å². The van der Waals surface area contributed by atoms with E-state index in [0.717, 1.165) is 40.3 Å². The molecular weight excluding hydrogens is 380 g/mol. The van der Waals surface area contributed by atoms with Gasteiger partial charge in [0.05, 0.1) is 10.2 Å². The molecule has 4 aromatic rings. The number of para-hydroxylation sites is 1. The molecule has 148 valence electrons. The van der Waals surface area contributed by atoms with Gasteiger partial charge in [-0.15, -0.1) is 0 Å². The number of carbonyl (C=O) groups is 1. The van der Waals surface area contributed by atoms with Crippen molar-refractivity contribution < 1.29 is 4.79 Å². The number of nitrogens with one attached hydrogen (secondary N) is 1. The third-order valence-corrected chi connectivity index (χ3v) is 6.57. The Hall–Kier alpha value is -2.70. The Morgan fingerprint density at radius 2 is 2.07 bits per heavy atom. The van der Waals surface area contributed by atoms with Gasteiger partial charge < -0.3 is 4.57 Å². The van der Waals surface area contributed by atoms with Gasteiger partial charge in [-0.05, 0) is 56.6 Å². The molecule has 0 radical (unpaired) electrons. The summed E-state index contributed by atoms with van der Waals surface area (Å²) in [5.41, 5.74) is 3.97. The van der Waals surface area contributed by atoms with Gasteiger partial charge in [0.25, 0.3) is 5.91 Å². The van der Waals surface area contributed by atoms with Crippen molar-refractivity contribution in [2.24, 2.45) is 0 Å². The lowest BCUT2D eigenvalue weighted by atomic mass is 10.2. The topological polar surface area (TPSA) is 50.2 Å². The van der Waals surface area contributed by atoms with Gasteiger partial charge in [-0.2, -0.15) is 0 Å². The molecule has 5 rings (SSSR count). The van der Waals surface area contributed by atoms with E-state index < -0.39 is 0 Å². The van der Waals surface area contributed by atoms with Gasteiger partial charge in [-0.1, -0.05) is 35.6 Å². The Labute approximate surface area is 174 Å². The van der Waals surface area contributed by atoms with Crippen LogP contribution in [0.15, 0.2) is 48.5 Å². The quantitative estimate of drug-likeness (QED) is 0.485. The zero-order chi connectivity index (χ0) is 20.0. The second-order valence-electron chi connectivity index (χ2n) is 7.75. The van der Waals surface area contributed by atoms with Gasteiger partial charge in [-0.3, -0.25) is 15.0 Å². The van der Waals surface area contributed by atoms with E-state index >= 15 is 0 Å². The van der Waals surface area contributed by atoms with E-state index in [2.05, 4.69) is 47.4 Å². The van der Waals surface area contributed by atoms with Crippen molar-refractivity contribution in [2.75, 3.05) is 12.4 Å². The monoisotopic (exact) mass is 404 g/mol. The number of amides is 1. The Bertz CT molecular complexity index is 1200. The number of hydrogen-bond donors (Lipinski definition) is 1. The summed E-state index contributed by atoms with van der Waals surface area (Å²) in [5, 5.41) is 4.73. The predicted molar refractivity (Wildman–Crippen MR) is 120 cm³/mol. The molecule has 1 saturated carbocycles. The molecule has 1 amide bonds. The average molecular weight is 405 g/mol. The van der Waals surface area contributed by atoms with Crippen LogP contribution >= 0.6 is 11.3 Å². The smallest absolute Gasteiger partial charge is 0.274 e. The van der Waals surface area contributed by atoms with E-state index in [1.807, 2.05) is 34.9 Å². The van der Waals surface area contributed by atoms with Crippen molar-refractivity contribution in [1.29, 1.82) is 0 Å². The summed E-state index contributed by atoms with van der Waals surface area (Å²) in [6, 6.07) is 17.2. The van der Waals surface area contributed by atoms with Crippen molar-refractivity contribution >= 4 is 43.5 Å². The SMILES string of the molecule is CCn1c(C(=O)Nc2nc3ccc(CN(C)C4CC4)cc3s2)cc2ccccc21. The molecule has 6 heteroatoms. The van der Waals surface area contributed by atoms with Crippen LogP contribution in [-0.4, -0.2) is 33.4 Å². The van der Waals surface area contributed by atoms with Crippen molar-refractivity contribution in [3.05, 3.63) is 59.8 Å². The maximum absolute atomic E-state index is 13.0. The Morgan fingerprint density at radius 1 is 1.24 bits per heavy atom. The van der Waals surface area contributed by atoms with Crippen LogP contribution in [0.4, 0.5) is 5.13 Å². The predicted octanol–water partition coefficient (Wildman–Crippen LogP) is 5.12. The number of nitrogens with zero attached hydrogens (tertiary/aromatic N) is 3. The van der Waals surface area contributed by atoms with E-state index in [9.17, 15) is 4.79 Å². The zero-order valence-electron chi connectivity index (χ0n) is 16.7. The van der Waals surface area contributed by atoms with Gasteiger partial charge >= 0.3 is 0 Å². The minimum absolute atomic E-state index is 0.115. The number of hydrogen-bond acceptors (Lipinski definition) is 4. The highest BCUT2D eigenvalue weighted by atomic mass is 32.1. The molecule has 2 aromatic carbocycles. The highest BCUT2D eigenvalue weighted by Gasteiger charge is 2.26. The van der Waals surface area contributed by atoms with Gasteiger partial charge in [0.1, 0.15) is 5.69 Å². The Morgan fingerprint density at radius 3 is 2.86 bits per heavy atom. The maximum Gasteiger partial charge on any atom is 0.274 e. The van der Waals surface area contributed by atoms with Crippen molar-refractivity contribution in [3.63, 3.8) is 0 Å². The Balaban J connectivity index is 1.39. The maximum atomic E-state index is 13.0. The first-order valence-corrected chi connectivity index (χ1v) is 10.9. The molecule has 0 spiro atoms. The van der Waals surface area contributed by atoms with Crippen molar-refractivity contribution in [3.8, 4) is 0 Å². The number of fused-ring (bicyclic) bond motifs is 2. The molecule has 0 saturated heterocycles. The number of benzene rings is 2. The lowest BCUT2D eigenvalue weighted by Crippen LogP contribution is -2.19. The van der Waals surface area contributed by atoms with Crippen molar-refractivity contribution in [1.82, 2.24) is 14.5 Å². The van der Waals surface area contributed by atoms with Gasteiger partial charge in [-0.25, -0.2) is 4.98 Å². The first-order chi connectivity index (χ1) is 14.1. The van der Waals surface area contributed by atoms with E-state index in [1.165, 1.54) is 29.7 Å². The van der Waals surface area contributed by atoms with Crippen LogP contribution in [0.25, 0.3) is 21.1 Å². The first-order valence-electron chi connectivity index (χ1n) is 10.1. The van der Waals surface area contributed by atoms with E-state index in [4.69, 9.17) is 0 Å². The van der Waals surface area contributed by atoms with Gasteiger partial charge in [0.15, 0.2) is 5.13 Å². The minimum atomic E-state index is -0.115. The summed E-state index contributed by atoms with van der Waals surface area (Å²) in [6.45, 7) is 3.76. The van der Waals surface area contributed by atoms with E-state index in [-0.39, 0.29) is 5.91 Å². The van der Waals surface area contributed by atoms with Crippen LogP contribution in [0.1, 0.15) is 35.8 Å². The largest absolute Gasteiger partial charge is 0.337 e. The highest BCUT2D eigenvalue weighted by Crippen LogP contribution is 2.30. The highest BCUT2D eigenvalue weighted by molar-refractivity contribution is 7.22. The van der Waals surface area contributed by atoms with E-state index in [0.29, 0.717) is 10.8 Å². The first kappa shape index (κ1) is 18.3. The fourth-order valence-corrected chi connectivity index (χ4v) is 4.88. The molecule has 0 atom stereocenters. The lowest BCUT2D eigenvalue weighted by Gasteiger charge is -2.15. The van der Waals surface area contributed by atoms with E-state index in [1.54, 1.807) is 0 Å². The molecule has 2 aromatic heterocycles. The molecule has 1 N–H and O–H groups in total. The number of anilines is 1. The summed E-state index contributed by atoms with van der Waals surface area (Å²) in [4.78, 5) is 20.0. The minimum Gasteiger partial charge on any atom is -0.337 e. The summed E-state index contributed by atoms with van der Waals surface area (Å²) in [6.07, 6.45) is 2.62. The second-order valence-corrected chi connectivity index (χ2v) is 8.78. The standard InChI is InChI=1S/C23H24N4OS/c1-3-27-19-7-5-4-6-16(19)13-20(27)22(28)25-23-24-18-11-8-15(12-21(18)29-23)14-26(2)17-9-10-17/h4-8,11-13,17H,3,9-10,14H2,1-2H3,(H,24,25,28). The average Bonchev–Trinajstić information content (AvgIpc) is 3.39. The molecule has 1 aliphatic carbocycles. The molecular formula is C23H24N4OS. The van der Waals surface area contributed by atoms with Gasteiger partial charge in [0, 0.05) is 30.0 Å². The molecule has 1 fully saturated rings. The summed E-state index contributed by atoms with van der Waals surface area (Å²) >= 11 is 1.54. The molecule has 1 aliphatic rings. The lowest BCUT2D eigenvalue weighted by molar-refractivity contribution is 0.101. The fraction of sp³-hybridized carbons (Fsp3) is 0.304. The number of aryl methyl sites for hydroxylation is 1. The molecule has 5 nitrogen and oxygen atoms in total. The van der Waals surface area contributed by atoms with Crippen LogP contribution < -0.4 is 5.32 Å². The van der Waals surface area contributed by atoms with Crippen LogP contribution in [0.5, 0.6) is 0 Å². The molecule has 2 heterocycles.